The lowest BCUT2D eigenvalue weighted by molar-refractivity contribution is 0.0940. The highest BCUT2D eigenvalue weighted by molar-refractivity contribution is 6.09. The number of methoxy groups -OCH3 is 1. The second-order valence-corrected chi connectivity index (χ2v) is 6.45. The van der Waals surface area contributed by atoms with Crippen LogP contribution >= 0.6 is 0 Å². The zero-order chi connectivity index (χ0) is 20.8. The van der Waals surface area contributed by atoms with E-state index in [1.54, 1.807) is 24.3 Å². The van der Waals surface area contributed by atoms with Crippen molar-refractivity contribution in [3.8, 4) is 5.75 Å². The fourth-order valence-corrected chi connectivity index (χ4v) is 2.89. The van der Waals surface area contributed by atoms with E-state index >= 15 is 0 Å². The van der Waals surface area contributed by atoms with Crippen LogP contribution in [0.2, 0.25) is 0 Å². The van der Waals surface area contributed by atoms with Crippen molar-refractivity contribution < 1.29 is 18.7 Å². The molecule has 0 aliphatic carbocycles. The minimum absolute atomic E-state index is 0.0521. The van der Waals surface area contributed by atoms with Crippen molar-refractivity contribution in [3.63, 3.8) is 0 Å². The molecule has 0 aromatic heterocycles. The Morgan fingerprint density at radius 2 is 1.62 bits per heavy atom. The summed E-state index contributed by atoms with van der Waals surface area (Å²) in [6, 6.07) is 20.0. The van der Waals surface area contributed by atoms with Crippen molar-refractivity contribution in [2.45, 2.75) is 13.0 Å². The van der Waals surface area contributed by atoms with Gasteiger partial charge in [0.1, 0.15) is 0 Å². The number of rotatable bonds is 6. The highest BCUT2D eigenvalue weighted by Gasteiger charge is 2.17. The van der Waals surface area contributed by atoms with E-state index in [4.69, 9.17) is 4.74 Å². The average Bonchev–Trinajstić information content (AvgIpc) is 2.74. The molecule has 1 unspecified atom stereocenters. The van der Waals surface area contributed by atoms with Crippen LogP contribution in [-0.2, 0) is 0 Å². The Hall–Kier alpha value is -3.67. The molecule has 148 valence electrons. The molecule has 3 aromatic rings. The van der Waals surface area contributed by atoms with Gasteiger partial charge in [0.2, 0.25) is 0 Å². The number of carbonyl (C=O) groups excluding carboxylic acids is 2. The second kappa shape index (κ2) is 9.01. The van der Waals surface area contributed by atoms with Gasteiger partial charge in [0.05, 0.1) is 24.4 Å². The molecule has 3 aromatic carbocycles. The molecular formula is C23H21FN2O3. The first-order valence-corrected chi connectivity index (χ1v) is 9.09. The lowest BCUT2D eigenvalue weighted by Crippen LogP contribution is -2.28. The summed E-state index contributed by atoms with van der Waals surface area (Å²) < 4.78 is 18.8. The lowest BCUT2D eigenvalue weighted by Gasteiger charge is -2.16. The number of ether oxygens (including phenoxy) is 1. The van der Waals surface area contributed by atoms with Gasteiger partial charge in [-0.1, -0.05) is 42.5 Å². The summed E-state index contributed by atoms with van der Waals surface area (Å²) in [5.41, 5.74) is 1.75. The summed E-state index contributed by atoms with van der Waals surface area (Å²) in [4.78, 5) is 25.3. The van der Waals surface area contributed by atoms with Gasteiger partial charge in [-0.3, -0.25) is 9.59 Å². The molecule has 5 nitrogen and oxygen atoms in total. The third-order valence-electron chi connectivity index (χ3n) is 4.48. The minimum atomic E-state index is -0.636. The van der Waals surface area contributed by atoms with Gasteiger partial charge in [-0.25, -0.2) is 4.39 Å². The molecule has 0 radical (unpaired) electrons. The number of carbonyl (C=O) groups is 2. The van der Waals surface area contributed by atoms with Crippen LogP contribution in [0.1, 0.15) is 39.2 Å². The minimum Gasteiger partial charge on any atom is -0.494 e. The van der Waals surface area contributed by atoms with Gasteiger partial charge < -0.3 is 15.4 Å². The third kappa shape index (κ3) is 4.79. The van der Waals surface area contributed by atoms with Gasteiger partial charge >= 0.3 is 0 Å². The van der Waals surface area contributed by atoms with Crippen LogP contribution < -0.4 is 15.4 Å². The van der Waals surface area contributed by atoms with E-state index in [1.807, 2.05) is 37.3 Å². The number of halogens is 1. The van der Waals surface area contributed by atoms with E-state index in [-0.39, 0.29) is 23.3 Å². The SMILES string of the molecule is COc1ccc(C(=O)Nc2ccccc2C(=O)NC(C)c2ccccc2)cc1F. The predicted molar refractivity (Wildman–Crippen MR) is 110 cm³/mol. The monoisotopic (exact) mass is 392 g/mol. The van der Waals surface area contributed by atoms with E-state index in [0.29, 0.717) is 11.3 Å². The number of anilines is 1. The largest absolute Gasteiger partial charge is 0.494 e. The van der Waals surface area contributed by atoms with Gasteiger partial charge in [-0.05, 0) is 42.8 Å². The van der Waals surface area contributed by atoms with Crippen molar-refractivity contribution >= 4 is 17.5 Å². The number of hydrogen-bond acceptors (Lipinski definition) is 3. The number of amides is 2. The van der Waals surface area contributed by atoms with Gasteiger partial charge in [-0.15, -0.1) is 0 Å². The zero-order valence-corrected chi connectivity index (χ0v) is 16.1. The van der Waals surface area contributed by atoms with Gasteiger partial charge in [0.25, 0.3) is 11.8 Å². The van der Waals surface area contributed by atoms with Crippen LogP contribution in [0.25, 0.3) is 0 Å². The topological polar surface area (TPSA) is 67.4 Å². The van der Waals surface area contributed by atoms with Crippen molar-refractivity contribution in [2.24, 2.45) is 0 Å². The first kappa shape index (κ1) is 20.1. The van der Waals surface area contributed by atoms with E-state index in [9.17, 15) is 14.0 Å². The fourth-order valence-electron chi connectivity index (χ4n) is 2.89. The highest BCUT2D eigenvalue weighted by Crippen LogP contribution is 2.21. The van der Waals surface area contributed by atoms with Crippen LogP contribution in [0.5, 0.6) is 5.75 Å². The molecule has 6 heteroatoms. The number of benzene rings is 3. The smallest absolute Gasteiger partial charge is 0.255 e. The molecule has 0 fully saturated rings. The molecule has 29 heavy (non-hydrogen) atoms. The maximum Gasteiger partial charge on any atom is 0.255 e. The second-order valence-electron chi connectivity index (χ2n) is 6.45. The van der Waals surface area contributed by atoms with E-state index < -0.39 is 11.7 Å². The molecule has 0 aliphatic heterocycles. The molecule has 2 amide bonds. The summed E-state index contributed by atoms with van der Waals surface area (Å²) in [6.45, 7) is 1.88. The Labute approximate surface area is 168 Å². The van der Waals surface area contributed by atoms with Gasteiger partial charge in [-0.2, -0.15) is 0 Å². The Balaban J connectivity index is 1.77. The molecule has 0 saturated heterocycles. The molecular weight excluding hydrogens is 371 g/mol. The summed E-state index contributed by atoms with van der Waals surface area (Å²) >= 11 is 0. The van der Waals surface area contributed by atoms with Crippen molar-refractivity contribution in [1.82, 2.24) is 5.32 Å². The summed E-state index contributed by atoms with van der Waals surface area (Å²) in [6.07, 6.45) is 0. The molecule has 0 heterocycles. The molecule has 0 aliphatic rings. The van der Waals surface area contributed by atoms with E-state index in [1.165, 1.54) is 19.2 Å². The van der Waals surface area contributed by atoms with Crippen LogP contribution in [0.4, 0.5) is 10.1 Å². The third-order valence-corrected chi connectivity index (χ3v) is 4.48. The normalized spacial score (nSPS) is 11.4. The molecule has 1 atom stereocenters. The summed E-state index contributed by atoms with van der Waals surface area (Å²) in [7, 11) is 1.35. The van der Waals surface area contributed by atoms with Crippen molar-refractivity contribution in [1.29, 1.82) is 0 Å². The first-order chi connectivity index (χ1) is 14.0. The lowest BCUT2D eigenvalue weighted by atomic mass is 10.1. The van der Waals surface area contributed by atoms with Crippen LogP contribution in [-0.4, -0.2) is 18.9 Å². The average molecular weight is 392 g/mol. The summed E-state index contributed by atoms with van der Waals surface area (Å²) in [5.74, 6) is -1.43. The number of nitrogens with one attached hydrogen (secondary N) is 2. The zero-order valence-electron chi connectivity index (χ0n) is 16.1. The van der Waals surface area contributed by atoms with E-state index in [0.717, 1.165) is 11.6 Å². The quantitative estimate of drug-likeness (QED) is 0.645. The maximum atomic E-state index is 13.9. The number of para-hydroxylation sites is 1. The van der Waals surface area contributed by atoms with Crippen molar-refractivity contribution in [2.75, 3.05) is 12.4 Å². The van der Waals surface area contributed by atoms with Gasteiger partial charge in [0.15, 0.2) is 11.6 Å². The fraction of sp³-hybridized carbons (Fsp3) is 0.130. The van der Waals surface area contributed by atoms with Crippen molar-refractivity contribution in [3.05, 3.63) is 95.3 Å². The molecule has 0 saturated carbocycles. The van der Waals surface area contributed by atoms with Crippen LogP contribution in [0.15, 0.2) is 72.8 Å². The highest BCUT2D eigenvalue weighted by atomic mass is 19.1. The predicted octanol–water partition coefficient (Wildman–Crippen LogP) is 4.58. The maximum absolute atomic E-state index is 13.9. The molecule has 0 bridgehead atoms. The Kier molecular flexibility index (Phi) is 6.24. The molecule has 0 spiro atoms. The molecule has 2 N–H and O–H groups in total. The Bertz CT molecular complexity index is 1020. The molecule has 3 rings (SSSR count). The standard InChI is InChI=1S/C23H21FN2O3/c1-15(16-8-4-3-5-9-16)25-23(28)18-10-6-7-11-20(18)26-22(27)17-12-13-21(29-2)19(24)14-17/h3-15H,1-2H3,(H,25,28)(H,26,27). The first-order valence-electron chi connectivity index (χ1n) is 9.09. The number of hydrogen-bond donors (Lipinski definition) is 2. The van der Waals surface area contributed by atoms with Gasteiger partial charge in [0, 0.05) is 5.56 Å². The summed E-state index contributed by atoms with van der Waals surface area (Å²) in [5, 5.41) is 5.60. The van der Waals surface area contributed by atoms with E-state index in [2.05, 4.69) is 10.6 Å². The van der Waals surface area contributed by atoms with Crippen LogP contribution in [0, 0.1) is 5.82 Å². The Morgan fingerprint density at radius 3 is 2.31 bits per heavy atom. The van der Waals surface area contributed by atoms with Crippen LogP contribution in [0.3, 0.4) is 0 Å². The Morgan fingerprint density at radius 1 is 0.931 bits per heavy atom.